The summed E-state index contributed by atoms with van der Waals surface area (Å²) >= 11 is 7.21. The van der Waals surface area contributed by atoms with E-state index < -0.39 is 0 Å². The van der Waals surface area contributed by atoms with E-state index in [1.165, 1.54) is 18.4 Å². The lowest BCUT2D eigenvalue weighted by molar-refractivity contribution is 0.613. The molecule has 1 aromatic carbocycles. The summed E-state index contributed by atoms with van der Waals surface area (Å²) in [6, 6.07) is 10.4. The van der Waals surface area contributed by atoms with E-state index in [1.807, 2.05) is 6.07 Å². The average Bonchev–Trinajstić information content (AvgIpc) is 2.91. The summed E-state index contributed by atoms with van der Waals surface area (Å²) in [4.78, 5) is 4.91. The second-order valence-electron chi connectivity index (χ2n) is 4.41. The molecule has 1 fully saturated rings. The van der Waals surface area contributed by atoms with Gasteiger partial charge in [-0.25, -0.2) is 0 Å². The van der Waals surface area contributed by atoms with Gasteiger partial charge in [0.1, 0.15) is 10.6 Å². The molecular weight excluding hydrogens is 234 g/mol. The van der Waals surface area contributed by atoms with Crippen molar-refractivity contribution < 1.29 is 0 Å². The lowest BCUT2D eigenvalue weighted by Crippen LogP contribution is -2.25. The fourth-order valence-electron chi connectivity index (χ4n) is 2.43. The highest BCUT2D eigenvalue weighted by molar-refractivity contribution is 8.34. The number of nitrogens with zero attached hydrogens (tertiary/aromatic N) is 1. The average molecular weight is 247 g/mol. The molecule has 1 heterocycles. The molecule has 16 heavy (non-hydrogen) atoms. The molecule has 1 nitrogen and oxygen atoms in total. The number of hydrogen-bond donors (Lipinski definition) is 0. The van der Waals surface area contributed by atoms with E-state index in [0.717, 1.165) is 22.1 Å². The van der Waals surface area contributed by atoms with Crippen molar-refractivity contribution >= 4 is 33.2 Å². The SMILES string of the molecule is S=C1SC(c2ccccc2)=NC12CCCC2. The number of thiocarbonyl (C=S) groups is 1. The molecule has 1 aliphatic carbocycles. The van der Waals surface area contributed by atoms with E-state index in [9.17, 15) is 0 Å². The van der Waals surface area contributed by atoms with Crippen LogP contribution in [0.15, 0.2) is 35.3 Å². The molecule has 0 aromatic heterocycles. The molecule has 1 spiro atoms. The third-order valence-electron chi connectivity index (χ3n) is 3.34. The Kier molecular flexibility index (Phi) is 2.60. The summed E-state index contributed by atoms with van der Waals surface area (Å²) in [5.41, 5.74) is 1.21. The van der Waals surface area contributed by atoms with Crippen molar-refractivity contribution in [3.63, 3.8) is 0 Å². The van der Waals surface area contributed by atoms with Crippen LogP contribution < -0.4 is 0 Å². The molecule has 0 atom stereocenters. The van der Waals surface area contributed by atoms with Gasteiger partial charge in [0.2, 0.25) is 0 Å². The molecule has 1 aromatic rings. The second kappa shape index (κ2) is 3.97. The first-order valence-electron chi connectivity index (χ1n) is 5.68. The topological polar surface area (TPSA) is 12.4 Å². The molecule has 0 N–H and O–H groups in total. The Hall–Kier alpha value is -0.670. The Labute approximate surface area is 105 Å². The summed E-state index contributed by atoms with van der Waals surface area (Å²) in [5, 5.41) is 1.12. The minimum atomic E-state index is 0.00513. The molecule has 0 amide bonds. The highest BCUT2D eigenvalue weighted by Gasteiger charge is 2.43. The fraction of sp³-hybridized carbons (Fsp3) is 0.385. The summed E-state index contributed by atoms with van der Waals surface area (Å²) in [5.74, 6) is 0. The van der Waals surface area contributed by atoms with E-state index in [-0.39, 0.29) is 5.54 Å². The maximum atomic E-state index is 5.52. The first kappa shape index (κ1) is 10.5. The van der Waals surface area contributed by atoms with Gasteiger partial charge in [-0.1, -0.05) is 67.2 Å². The van der Waals surface area contributed by atoms with Crippen LogP contribution in [-0.2, 0) is 0 Å². The van der Waals surface area contributed by atoms with Crippen LogP contribution in [0.25, 0.3) is 0 Å². The van der Waals surface area contributed by atoms with E-state index in [0.29, 0.717) is 0 Å². The van der Waals surface area contributed by atoms with E-state index >= 15 is 0 Å². The van der Waals surface area contributed by atoms with Gasteiger partial charge in [-0.15, -0.1) is 0 Å². The molecule has 1 aliphatic heterocycles. The predicted octanol–water partition coefficient (Wildman–Crippen LogP) is 3.82. The monoisotopic (exact) mass is 247 g/mol. The zero-order chi connectivity index (χ0) is 11.0. The number of hydrogen-bond acceptors (Lipinski definition) is 3. The molecule has 0 radical (unpaired) electrons. The summed E-state index contributed by atoms with van der Waals surface area (Å²) in [6.45, 7) is 0. The van der Waals surface area contributed by atoms with Crippen LogP contribution in [0, 0.1) is 0 Å². The molecule has 0 saturated heterocycles. The molecule has 2 aliphatic rings. The maximum absolute atomic E-state index is 5.52. The first-order valence-corrected chi connectivity index (χ1v) is 6.90. The van der Waals surface area contributed by atoms with E-state index in [2.05, 4.69) is 24.3 Å². The molecule has 1 saturated carbocycles. The summed E-state index contributed by atoms with van der Waals surface area (Å²) in [7, 11) is 0. The Morgan fingerprint density at radius 3 is 2.50 bits per heavy atom. The third kappa shape index (κ3) is 1.62. The lowest BCUT2D eigenvalue weighted by Gasteiger charge is -2.17. The van der Waals surface area contributed by atoms with Crippen LogP contribution in [0.1, 0.15) is 31.2 Å². The van der Waals surface area contributed by atoms with E-state index in [4.69, 9.17) is 17.2 Å². The Bertz CT molecular complexity index is 444. The molecule has 3 rings (SSSR count). The van der Waals surface area contributed by atoms with Gasteiger partial charge in [0.05, 0.1) is 4.20 Å². The number of aliphatic imine (C=N–C) groups is 1. The largest absolute Gasteiger partial charge is 0.265 e. The highest BCUT2D eigenvalue weighted by Crippen LogP contribution is 2.44. The number of thioether (sulfide) groups is 1. The predicted molar refractivity (Wildman–Crippen MR) is 74.4 cm³/mol. The van der Waals surface area contributed by atoms with E-state index in [1.54, 1.807) is 11.8 Å². The van der Waals surface area contributed by atoms with Crippen molar-refractivity contribution in [3.05, 3.63) is 35.9 Å². The zero-order valence-corrected chi connectivity index (χ0v) is 10.6. The van der Waals surface area contributed by atoms with Gasteiger partial charge in [-0.05, 0) is 12.8 Å². The van der Waals surface area contributed by atoms with Gasteiger partial charge in [-0.2, -0.15) is 0 Å². The smallest absolute Gasteiger partial charge is 0.104 e. The van der Waals surface area contributed by atoms with Crippen molar-refractivity contribution in [1.82, 2.24) is 0 Å². The minimum Gasteiger partial charge on any atom is -0.265 e. The van der Waals surface area contributed by atoms with Gasteiger partial charge in [0.15, 0.2) is 0 Å². The number of rotatable bonds is 1. The van der Waals surface area contributed by atoms with Gasteiger partial charge in [0.25, 0.3) is 0 Å². The summed E-state index contributed by atoms with van der Waals surface area (Å²) < 4.78 is 1.09. The maximum Gasteiger partial charge on any atom is 0.104 e. The quantitative estimate of drug-likeness (QED) is 0.699. The molecular formula is C13H13NS2. The van der Waals surface area contributed by atoms with Gasteiger partial charge < -0.3 is 0 Å². The van der Waals surface area contributed by atoms with Crippen molar-refractivity contribution in [2.75, 3.05) is 0 Å². The van der Waals surface area contributed by atoms with Crippen molar-refractivity contribution in [2.45, 2.75) is 31.2 Å². The van der Waals surface area contributed by atoms with Crippen LogP contribution >= 0.6 is 24.0 Å². The second-order valence-corrected chi connectivity index (χ2v) is 6.08. The van der Waals surface area contributed by atoms with Crippen LogP contribution in [0.3, 0.4) is 0 Å². The minimum absolute atomic E-state index is 0.00513. The normalized spacial score (nSPS) is 22.8. The van der Waals surface area contributed by atoms with Crippen LogP contribution in [0.2, 0.25) is 0 Å². The molecule has 3 heteroatoms. The molecule has 82 valence electrons. The van der Waals surface area contributed by atoms with Gasteiger partial charge in [-0.3, -0.25) is 4.99 Å². The Balaban J connectivity index is 1.97. The van der Waals surface area contributed by atoms with Crippen LogP contribution in [0.4, 0.5) is 0 Å². The molecule has 0 bridgehead atoms. The number of benzene rings is 1. The first-order chi connectivity index (χ1) is 7.80. The van der Waals surface area contributed by atoms with Crippen molar-refractivity contribution in [3.8, 4) is 0 Å². The van der Waals surface area contributed by atoms with Crippen molar-refractivity contribution in [2.24, 2.45) is 4.99 Å². The van der Waals surface area contributed by atoms with Crippen LogP contribution in [0.5, 0.6) is 0 Å². The molecule has 0 unspecified atom stereocenters. The zero-order valence-electron chi connectivity index (χ0n) is 8.98. The van der Waals surface area contributed by atoms with Gasteiger partial charge >= 0.3 is 0 Å². The van der Waals surface area contributed by atoms with Crippen LogP contribution in [-0.4, -0.2) is 14.8 Å². The summed E-state index contributed by atoms with van der Waals surface area (Å²) in [6.07, 6.45) is 4.84. The fourth-order valence-corrected chi connectivity index (χ4v) is 4.00. The Morgan fingerprint density at radius 1 is 1.12 bits per heavy atom. The van der Waals surface area contributed by atoms with Gasteiger partial charge in [0, 0.05) is 5.56 Å². The third-order valence-corrected chi connectivity index (χ3v) is 5.05. The highest BCUT2D eigenvalue weighted by atomic mass is 32.2. The van der Waals surface area contributed by atoms with Crippen molar-refractivity contribution in [1.29, 1.82) is 0 Å². The standard InChI is InChI=1S/C13H13NS2/c15-12-13(8-4-5-9-13)14-11(16-12)10-6-2-1-3-7-10/h1-3,6-7H,4-5,8-9H2. The lowest BCUT2D eigenvalue weighted by atomic mass is 10.0. The Morgan fingerprint density at radius 2 is 1.81 bits per heavy atom.